The molecular formula is C35H35BF2N8O2. The summed E-state index contributed by atoms with van der Waals surface area (Å²) in [6.07, 6.45) is 7.67. The largest absolute Gasteiger partial charge is 0.995 e. The van der Waals surface area contributed by atoms with E-state index in [1.54, 1.807) is 15.4 Å². The molecule has 13 heteroatoms. The van der Waals surface area contributed by atoms with Crippen molar-refractivity contribution in [2.75, 3.05) is 0 Å². The minimum atomic E-state index is -4.69. The zero-order valence-corrected chi connectivity index (χ0v) is 27.2. The van der Waals surface area contributed by atoms with Crippen LogP contribution < -0.4 is 0 Å². The van der Waals surface area contributed by atoms with Gasteiger partial charge in [0.15, 0.2) is 0 Å². The first-order chi connectivity index (χ1) is 23.3. The number of rotatable bonds is 10. The van der Waals surface area contributed by atoms with Gasteiger partial charge in [0.05, 0.1) is 46.9 Å². The van der Waals surface area contributed by atoms with Gasteiger partial charge in [0.2, 0.25) is 0 Å². The third kappa shape index (κ3) is 5.54. The first-order valence-electron chi connectivity index (χ1n) is 16.2. The third-order valence-electron chi connectivity index (χ3n) is 8.67. The van der Waals surface area contributed by atoms with Crippen molar-refractivity contribution in [3.8, 4) is 34.2 Å². The van der Waals surface area contributed by atoms with Gasteiger partial charge in [-0.05, 0) is 72.2 Å². The summed E-state index contributed by atoms with van der Waals surface area (Å²) in [6.45, 7) is 8.04. The second kappa shape index (κ2) is 12.6. The Balaban J connectivity index is 1.31. The summed E-state index contributed by atoms with van der Waals surface area (Å²) in [4.78, 5) is 6.76. The quantitative estimate of drug-likeness (QED) is 0.120. The third-order valence-corrected chi connectivity index (χ3v) is 8.67. The number of hydrogen-bond donors (Lipinski definition) is 2. The molecule has 0 radical (unpaired) electrons. The number of nitrogens with one attached hydrogen (secondary N) is 2. The summed E-state index contributed by atoms with van der Waals surface area (Å²) in [5.74, 6) is 0.00144. The van der Waals surface area contributed by atoms with Gasteiger partial charge in [-0.15, -0.1) is 10.2 Å². The van der Waals surface area contributed by atoms with E-state index in [1.807, 2.05) is 101 Å². The number of ketones is 1. The molecule has 10 nitrogen and oxygen atoms in total. The topological polar surface area (TPSA) is 114 Å². The molecule has 0 fully saturated rings. The van der Waals surface area contributed by atoms with E-state index >= 15 is 8.63 Å². The first-order valence-corrected chi connectivity index (χ1v) is 16.2. The van der Waals surface area contributed by atoms with Crippen LogP contribution in [0.25, 0.3) is 39.9 Å². The SMILES string of the molecule is CCc1c(C2=CC(c3[nH]c(-c4cn(-c5ccccc5)nn4)c(CC)c3CC)=[O+][B-](F)(F)O2)[nH]c(-c2cn(-c3ccccc3)nn2)c1CC. The predicted molar refractivity (Wildman–Crippen MR) is 181 cm³/mol. The highest BCUT2D eigenvalue weighted by atomic mass is 19.3. The Kier molecular flexibility index (Phi) is 8.12. The van der Waals surface area contributed by atoms with E-state index in [4.69, 9.17) is 9.00 Å². The van der Waals surface area contributed by atoms with Crippen molar-refractivity contribution in [1.82, 2.24) is 40.0 Å². The van der Waals surface area contributed by atoms with Crippen molar-refractivity contribution in [2.24, 2.45) is 0 Å². The summed E-state index contributed by atoms with van der Waals surface area (Å²) in [6, 6.07) is 19.3. The molecule has 0 saturated carbocycles. The fourth-order valence-electron chi connectivity index (χ4n) is 6.51. The van der Waals surface area contributed by atoms with Crippen molar-refractivity contribution in [1.29, 1.82) is 0 Å². The van der Waals surface area contributed by atoms with Crippen LogP contribution in [0.15, 0.2) is 79.1 Å². The number of hydrogen-bond acceptors (Lipinski definition) is 5. The fraction of sp³-hybridized carbons (Fsp3) is 0.229. The minimum absolute atomic E-state index is 0.000718. The number of allylic oxidation sites excluding steroid dienone is 1. The molecule has 0 aliphatic carbocycles. The summed E-state index contributed by atoms with van der Waals surface area (Å²) >= 11 is 0. The lowest BCUT2D eigenvalue weighted by atomic mass is 9.98. The van der Waals surface area contributed by atoms with Crippen molar-refractivity contribution in [2.45, 2.75) is 53.4 Å². The summed E-state index contributed by atoms with van der Waals surface area (Å²) in [7, 11) is -4.69. The summed E-state index contributed by atoms with van der Waals surface area (Å²) in [5.41, 5.74) is 8.95. The highest BCUT2D eigenvalue weighted by Gasteiger charge is 2.54. The number of aromatic nitrogens is 8. The maximum atomic E-state index is 15.4. The Hall–Kier alpha value is -5.59. The lowest BCUT2D eigenvalue weighted by molar-refractivity contribution is -0.183. The van der Waals surface area contributed by atoms with Crippen LogP contribution in [0.2, 0.25) is 0 Å². The van der Waals surface area contributed by atoms with Crippen LogP contribution in [0.1, 0.15) is 65.7 Å². The molecule has 0 saturated heterocycles. The molecule has 4 aromatic heterocycles. The van der Waals surface area contributed by atoms with Gasteiger partial charge in [0.1, 0.15) is 22.8 Å². The Bertz CT molecular complexity index is 2140. The molecule has 48 heavy (non-hydrogen) atoms. The summed E-state index contributed by atoms with van der Waals surface area (Å²) in [5, 5.41) is 17.5. The van der Waals surface area contributed by atoms with Crippen LogP contribution >= 0.6 is 0 Å². The van der Waals surface area contributed by atoms with Crippen molar-refractivity contribution in [3.05, 3.63) is 113 Å². The molecule has 2 N–H and O–H groups in total. The zero-order valence-electron chi connectivity index (χ0n) is 27.2. The molecule has 2 aromatic carbocycles. The van der Waals surface area contributed by atoms with E-state index in [0.717, 1.165) is 33.6 Å². The Morgan fingerprint density at radius 2 is 1.08 bits per heavy atom. The predicted octanol–water partition coefficient (Wildman–Crippen LogP) is 7.25. The fourth-order valence-corrected chi connectivity index (χ4v) is 6.51. The second-order valence-electron chi connectivity index (χ2n) is 11.5. The van der Waals surface area contributed by atoms with Crippen LogP contribution in [0.4, 0.5) is 8.63 Å². The van der Waals surface area contributed by atoms with E-state index in [1.165, 1.54) is 0 Å². The minimum Gasteiger partial charge on any atom is -0.568 e. The molecule has 0 bridgehead atoms. The van der Waals surface area contributed by atoms with E-state index < -0.39 is 7.11 Å². The smallest absolute Gasteiger partial charge is 0.568 e. The lowest BCUT2D eigenvalue weighted by Gasteiger charge is -2.20. The first kappa shape index (κ1) is 31.0. The van der Waals surface area contributed by atoms with Crippen LogP contribution in [0.3, 0.4) is 0 Å². The van der Waals surface area contributed by atoms with Gasteiger partial charge in [0, 0.05) is 0 Å². The number of H-pyrrole nitrogens is 2. The summed E-state index contributed by atoms with van der Waals surface area (Å²) < 4.78 is 44.8. The van der Waals surface area contributed by atoms with Crippen LogP contribution in [-0.2, 0) is 30.3 Å². The van der Waals surface area contributed by atoms with Crippen LogP contribution in [-0.4, -0.2) is 52.8 Å². The average Bonchev–Trinajstić information content (AvgIpc) is 3.92. The molecule has 244 valence electrons. The molecule has 1 aliphatic rings. The highest BCUT2D eigenvalue weighted by Crippen LogP contribution is 2.37. The molecule has 0 spiro atoms. The monoisotopic (exact) mass is 648 g/mol. The van der Waals surface area contributed by atoms with Gasteiger partial charge in [-0.3, -0.25) is 0 Å². The molecule has 0 amide bonds. The molecule has 0 unspecified atom stereocenters. The maximum Gasteiger partial charge on any atom is 0.995 e. The number of halogens is 2. The van der Waals surface area contributed by atoms with E-state index in [-0.39, 0.29) is 11.5 Å². The zero-order chi connectivity index (χ0) is 33.4. The maximum absolute atomic E-state index is 15.4. The second-order valence-corrected chi connectivity index (χ2v) is 11.5. The number of benzene rings is 2. The van der Waals surface area contributed by atoms with Gasteiger partial charge in [-0.25, -0.2) is 9.36 Å². The van der Waals surface area contributed by atoms with Gasteiger partial charge in [-0.2, -0.15) is 0 Å². The lowest BCUT2D eigenvalue weighted by Crippen LogP contribution is -2.31. The average molecular weight is 649 g/mol. The van der Waals surface area contributed by atoms with E-state index in [2.05, 4.69) is 30.6 Å². The molecule has 5 heterocycles. The van der Waals surface area contributed by atoms with Crippen molar-refractivity contribution in [3.63, 3.8) is 0 Å². The molecule has 1 aliphatic heterocycles. The highest BCUT2D eigenvalue weighted by molar-refractivity contribution is 6.52. The molecule has 7 rings (SSSR count). The normalized spacial score (nSPS) is 14.1. The van der Waals surface area contributed by atoms with Crippen molar-refractivity contribution >= 4 is 18.6 Å². The Morgan fingerprint density at radius 1 is 0.646 bits per heavy atom. The number of aromatic amines is 2. The standard InChI is InChI=1S/C35H35BF2N8O2/c1-5-24-26(7-3)34(39-32(24)28-20-45(43-41-28)22-15-11-9-12-16-22)30-19-31(48-36(37,38)47-30)35-27(8-4)25(6-2)33(40-35)29-21-46(44-42-29)23-17-13-10-14-18-23/h9-21,39-40H,5-8H2,1-4H3. The number of nitrogens with zero attached hydrogens (tertiary/aromatic N) is 6. The number of carbonyl (C=O) groups excluding carboxylic acids is 1. The van der Waals surface area contributed by atoms with Gasteiger partial charge < -0.3 is 27.6 Å². The van der Waals surface area contributed by atoms with E-state index in [0.29, 0.717) is 59.8 Å². The van der Waals surface area contributed by atoms with Gasteiger partial charge in [-0.1, -0.05) is 74.5 Å². The van der Waals surface area contributed by atoms with Crippen LogP contribution in [0.5, 0.6) is 0 Å². The number of para-hydroxylation sites is 2. The molecular weight excluding hydrogens is 613 g/mol. The molecule has 0 atom stereocenters. The molecule has 6 aromatic rings. The van der Waals surface area contributed by atoms with E-state index in [9.17, 15) is 0 Å². The Morgan fingerprint density at radius 3 is 1.56 bits per heavy atom. The van der Waals surface area contributed by atoms with Crippen molar-refractivity contribution < 1.29 is 17.6 Å². The van der Waals surface area contributed by atoms with Gasteiger partial charge in [0.25, 0.3) is 0 Å². The Labute approximate surface area is 276 Å². The van der Waals surface area contributed by atoms with Crippen LogP contribution in [0, 0.1) is 0 Å². The van der Waals surface area contributed by atoms with Gasteiger partial charge >= 0.3 is 12.9 Å².